The van der Waals surface area contributed by atoms with Crippen molar-refractivity contribution in [2.24, 2.45) is 11.7 Å². The maximum atomic E-state index is 11.7. The van der Waals surface area contributed by atoms with Gasteiger partial charge in [-0.25, -0.2) is 0 Å². The molecule has 1 aromatic rings. The largest absolute Gasteiger partial charge is 0.458 e. The molecule has 0 saturated heterocycles. The summed E-state index contributed by atoms with van der Waals surface area (Å²) in [6.45, 7) is 4.45. The molecule has 2 N–H and O–H groups in total. The van der Waals surface area contributed by atoms with Crippen LogP contribution in [0.3, 0.4) is 0 Å². The third-order valence-electron chi connectivity index (χ3n) is 2.94. The van der Waals surface area contributed by atoms with Crippen molar-refractivity contribution in [2.45, 2.75) is 32.8 Å². The normalized spacial score (nSPS) is 14.1. The van der Waals surface area contributed by atoms with E-state index in [4.69, 9.17) is 10.5 Å². The van der Waals surface area contributed by atoms with Crippen LogP contribution in [-0.4, -0.2) is 12.5 Å². The lowest BCUT2D eigenvalue weighted by molar-refractivity contribution is -0.149. The summed E-state index contributed by atoms with van der Waals surface area (Å²) in [5.41, 5.74) is 6.58. The van der Waals surface area contributed by atoms with Gasteiger partial charge in [0.05, 0.1) is 0 Å². The summed E-state index contributed by atoms with van der Waals surface area (Å²) in [5.74, 6) is 0.0594. The zero-order chi connectivity index (χ0) is 12.7. The van der Waals surface area contributed by atoms with Crippen molar-refractivity contribution in [1.82, 2.24) is 0 Å². The summed E-state index contributed by atoms with van der Waals surface area (Å²) in [6.07, 6.45) is 1.12. The van der Waals surface area contributed by atoms with E-state index >= 15 is 0 Å². The van der Waals surface area contributed by atoms with Crippen LogP contribution >= 0.6 is 0 Å². The first-order valence-corrected chi connectivity index (χ1v) is 6.11. The monoisotopic (exact) mass is 235 g/mol. The molecule has 1 rings (SSSR count). The highest BCUT2D eigenvalue weighted by Gasteiger charge is 2.15. The van der Waals surface area contributed by atoms with Crippen molar-refractivity contribution in [3.8, 4) is 0 Å². The van der Waals surface area contributed by atoms with Gasteiger partial charge in [0.1, 0.15) is 6.10 Å². The molecule has 0 fully saturated rings. The summed E-state index contributed by atoms with van der Waals surface area (Å²) >= 11 is 0. The van der Waals surface area contributed by atoms with Gasteiger partial charge in [0.2, 0.25) is 0 Å². The second-order valence-corrected chi connectivity index (χ2v) is 4.26. The Bertz CT molecular complexity index is 333. The number of ether oxygens (including phenoxy) is 1. The summed E-state index contributed by atoms with van der Waals surface area (Å²) in [6, 6.07) is 9.73. The first-order chi connectivity index (χ1) is 8.17. The highest BCUT2D eigenvalue weighted by Crippen LogP contribution is 2.18. The van der Waals surface area contributed by atoms with Crippen LogP contribution in [0.15, 0.2) is 30.3 Å². The quantitative estimate of drug-likeness (QED) is 0.771. The molecule has 3 nitrogen and oxygen atoms in total. The van der Waals surface area contributed by atoms with E-state index in [9.17, 15) is 4.79 Å². The summed E-state index contributed by atoms with van der Waals surface area (Å²) in [5, 5.41) is 0. The van der Waals surface area contributed by atoms with E-state index in [1.54, 1.807) is 0 Å². The van der Waals surface area contributed by atoms with E-state index < -0.39 is 0 Å². The molecule has 0 heterocycles. The number of esters is 1. The maximum absolute atomic E-state index is 11.7. The predicted molar refractivity (Wildman–Crippen MR) is 68.4 cm³/mol. The third kappa shape index (κ3) is 4.57. The average Bonchev–Trinajstić information content (AvgIpc) is 2.37. The third-order valence-corrected chi connectivity index (χ3v) is 2.94. The zero-order valence-electron chi connectivity index (χ0n) is 10.6. The Labute approximate surface area is 103 Å². The van der Waals surface area contributed by atoms with E-state index in [-0.39, 0.29) is 18.0 Å². The van der Waals surface area contributed by atoms with Crippen LogP contribution in [0.1, 0.15) is 38.4 Å². The lowest BCUT2D eigenvalue weighted by atomic mass is 10.0. The van der Waals surface area contributed by atoms with E-state index in [2.05, 4.69) is 0 Å². The topological polar surface area (TPSA) is 52.3 Å². The van der Waals surface area contributed by atoms with E-state index in [0.717, 1.165) is 12.0 Å². The van der Waals surface area contributed by atoms with Gasteiger partial charge in [-0.05, 0) is 24.9 Å². The average molecular weight is 235 g/mol. The van der Waals surface area contributed by atoms with Crippen LogP contribution < -0.4 is 5.73 Å². The summed E-state index contributed by atoms with van der Waals surface area (Å²) in [7, 11) is 0. The first kappa shape index (κ1) is 13.7. The molecule has 0 bridgehead atoms. The van der Waals surface area contributed by atoms with Gasteiger partial charge in [-0.1, -0.05) is 43.7 Å². The highest BCUT2D eigenvalue weighted by molar-refractivity contribution is 5.70. The predicted octanol–water partition coefficient (Wildman–Crippen LogP) is 2.67. The van der Waals surface area contributed by atoms with Gasteiger partial charge in [-0.3, -0.25) is 4.79 Å². The number of hydrogen-bond donors (Lipinski definition) is 1. The highest BCUT2D eigenvalue weighted by atomic mass is 16.5. The molecule has 0 aliphatic rings. The molecule has 0 aliphatic carbocycles. The molecule has 0 saturated carbocycles. The lowest BCUT2D eigenvalue weighted by Crippen LogP contribution is -2.19. The minimum Gasteiger partial charge on any atom is -0.458 e. The minimum absolute atomic E-state index is 0.168. The second-order valence-electron chi connectivity index (χ2n) is 4.26. The number of carbonyl (C=O) groups is 1. The van der Waals surface area contributed by atoms with Crippen LogP contribution in [-0.2, 0) is 9.53 Å². The standard InChI is InChI=1S/C14H21NO2/c1-3-12(10-15)9-14(16)17-11(2)13-7-5-4-6-8-13/h4-8,11-12H,3,9-10,15H2,1-2H3. The van der Waals surface area contributed by atoms with Crippen molar-refractivity contribution >= 4 is 5.97 Å². The Morgan fingerprint density at radius 1 is 1.35 bits per heavy atom. The van der Waals surface area contributed by atoms with Gasteiger partial charge in [0.25, 0.3) is 0 Å². The Balaban J connectivity index is 2.46. The SMILES string of the molecule is CCC(CN)CC(=O)OC(C)c1ccccc1. The molecule has 94 valence electrons. The Morgan fingerprint density at radius 2 is 2.00 bits per heavy atom. The van der Waals surface area contributed by atoms with E-state index in [1.807, 2.05) is 44.2 Å². The number of carbonyl (C=O) groups excluding carboxylic acids is 1. The fourth-order valence-corrected chi connectivity index (χ4v) is 1.67. The van der Waals surface area contributed by atoms with Crippen molar-refractivity contribution in [3.63, 3.8) is 0 Å². The minimum atomic E-state index is -0.195. The molecular weight excluding hydrogens is 214 g/mol. The maximum Gasteiger partial charge on any atom is 0.306 e. The van der Waals surface area contributed by atoms with Crippen molar-refractivity contribution in [2.75, 3.05) is 6.54 Å². The number of hydrogen-bond acceptors (Lipinski definition) is 3. The number of rotatable bonds is 6. The molecule has 0 spiro atoms. The molecule has 0 radical (unpaired) electrons. The molecule has 0 amide bonds. The molecular formula is C14H21NO2. The molecule has 3 heteroatoms. The zero-order valence-corrected chi connectivity index (χ0v) is 10.6. The van der Waals surface area contributed by atoms with Crippen LogP contribution in [0.25, 0.3) is 0 Å². The van der Waals surface area contributed by atoms with Crippen LogP contribution in [0, 0.1) is 5.92 Å². The Hall–Kier alpha value is -1.35. The molecule has 17 heavy (non-hydrogen) atoms. The summed E-state index contributed by atoms with van der Waals surface area (Å²) < 4.78 is 5.38. The van der Waals surface area contributed by atoms with E-state index in [0.29, 0.717) is 13.0 Å². The number of benzene rings is 1. The molecule has 0 aliphatic heterocycles. The summed E-state index contributed by atoms with van der Waals surface area (Å²) in [4.78, 5) is 11.7. The fraction of sp³-hybridized carbons (Fsp3) is 0.500. The van der Waals surface area contributed by atoms with Crippen molar-refractivity contribution in [3.05, 3.63) is 35.9 Å². The second kappa shape index (κ2) is 7.07. The van der Waals surface area contributed by atoms with Gasteiger partial charge in [0, 0.05) is 6.42 Å². The number of nitrogens with two attached hydrogens (primary N) is 1. The van der Waals surface area contributed by atoms with Crippen molar-refractivity contribution in [1.29, 1.82) is 0 Å². The molecule has 0 aromatic heterocycles. The first-order valence-electron chi connectivity index (χ1n) is 6.11. The molecule has 2 unspecified atom stereocenters. The van der Waals surface area contributed by atoms with Gasteiger partial charge >= 0.3 is 5.97 Å². The van der Waals surface area contributed by atoms with Gasteiger partial charge in [-0.2, -0.15) is 0 Å². The molecule has 1 aromatic carbocycles. The Morgan fingerprint density at radius 3 is 2.53 bits per heavy atom. The Kier molecular flexibility index (Phi) is 5.70. The van der Waals surface area contributed by atoms with Crippen LogP contribution in [0.4, 0.5) is 0 Å². The molecule has 2 atom stereocenters. The fourth-order valence-electron chi connectivity index (χ4n) is 1.67. The van der Waals surface area contributed by atoms with Crippen LogP contribution in [0.5, 0.6) is 0 Å². The lowest BCUT2D eigenvalue weighted by Gasteiger charge is -2.16. The van der Waals surface area contributed by atoms with E-state index in [1.165, 1.54) is 0 Å². The smallest absolute Gasteiger partial charge is 0.306 e. The van der Waals surface area contributed by atoms with Crippen molar-refractivity contribution < 1.29 is 9.53 Å². The van der Waals surface area contributed by atoms with Gasteiger partial charge in [-0.15, -0.1) is 0 Å². The van der Waals surface area contributed by atoms with Gasteiger partial charge < -0.3 is 10.5 Å². The van der Waals surface area contributed by atoms with Gasteiger partial charge in [0.15, 0.2) is 0 Å². The van der Waals surface area contributed by atoms with Crippen LogP contribution in [0.2, 0.25) is 0 Å².